The fraction of sp³-hybridized carbons (Fsp3) is 0.300. The van der Waals surface area contributed by atoms with Crippen LogP contribution in [0.2, 0.25) is 0 Å². The third kappa shape index (κ3) is 4.67. The van der Waals surface area contributed by atoms with E-state index in [1.807, 2.05) is 12.1 Å². The maximum absolute atomic E-state index is 12.3. The van der Waals surface area contributed by atoms with E-state index >= 15 is 0 Å². The van der Waals surface area contributed by atoms with Crippen LogP contribution in [0.4, 0.5) is 0 Å². The quantitative estimate of drug-likeness (QED) is 0.792. The number of hydrogen-bond donors (Lipinski definition) is 2. The largest absolute Gasteiger partial charge is 0.467 e. The molecule has 0 bridgehead atoms. The third-order valence-corrected chi connectivity index (χ3v) is 4.11. The van der Waals surface area contributed by atoms with Crippen LogP contribution in [0.5, 0.6) is 0 Å². The number of hydrogen-bond acceptors (Lipinski definition) is 4. The fourth-order valence-corrected chi connectivity index (χ4v) is 2.50. The van der Waals surface area contributed by atoms with Crippen molar-refractivity contribution in [2.24, 2.45) is 5.73 Å². The molecule has 0 aliphatic rings. The van der Waals surface area contributed by atoms with E-state index in [9.17, 15) is 9.59 Å². The number of rotatable bonds is 6. The second-order valence-electron chi connectivity index (χ2n) is 5.96. The highest BCUT2D eigenvalue weighted by molar-refractivity contribution is 5.97. The van der Waals surface area contributed by atoms with Gasteiger partial charge in [0.15, 0.2) is 0 Å². The number of esters is 1. The number of carbonyl (C=O) groups excluding carboxylic acids is 2. The van der Waals surface area contributed by atoms with Crippen molar-refractivity contribution >= 4 is 11.9 Å². The van der Waals surface area contributed by atoms with Gasteiger partial charge in [0.25, 0.3) is 5.91 Å². The second-order valence-corrected chi connectivity index (χ2v) is 5.96. The number of nitrogens with one attached hydrogen (secondary N) is 1. The Labute approximate surface area is 148 Å². The highest BCUT2D eigenvalue weighted by Crippen LogP contribution is 2.20. The van der Waals surface area contributed by atoms with Crippen molar-refractivity contribution in [2.45, 2.75) is 32.4 Å². The van der Waals surface area contributed by atoms with Crippen LogP contribution in [-0.2, 0) is 16.0 Å². The standard InChI is InChI=1S/C20H24N2O3/c1-4-14-5-7-15(8-6-14)16-9-11-17(12-10-16)19(23)22-18(13(2)21)20(24)25-3/h5-13,18H,4,21H2,1-3H3,(H,22,23). The van der Waals surface area contributed by atoms with Crippen molar-refractivity contribution in [1.82, 2.24) is 5.32 Å². The lowest BCUT2D eigenvalue weighted by Crippen LogP contribution is -2.51. The van der Waals surface area contributed by atoms with Crippen molar-refractivity contribution in [3.8, 4) is 11.1 Å². The van der Waals surface area contributed by atoms with Crippen LogP contribution in [-0.4, -0.2) is 31.1 Å². The Balaban J connectivity index is 2.12. The second kappa shape index (κ2) is 8.44. The summed E-state index contributed by atoms with van der Waals surface area (Å²) in [4.78, 5) is 24.0. The molecule has 0 aromatic heterocycles. The van der Waals surface area contributed by atoms with Gasteiger partial charge in [-0.1, -0.05) is 43.3 Å². The van der Waals surface area contributed by atoms with Crippen LogP contribution in [0, 0.1) is 0 Å². The molecule has 2 aromatic rings. The normalized spacial score (nSPS) is 13.0. The zero-order valence-electron chi connectivity index (χ0n) is 14.8. The topological polar surface area (TPSA) is 81.4 Å². The Hall–Kier alpha value is -2.66. The molecule has 3 N–H and O–H groups in total. The molecular weight excluding hydrogens is 316 g/mol. The van der Waals surface area contributed by atoms with Crippen molar-refractivity contribution in [3.63, 3.8) is 0 Å². The lowest BCUT2D eigenvalue weighted by Gasteiger charge is -2.19. The molecule has 0 spiro atoms. The molecule has 0 radical (unpaired) electrons. The molecule has 0 saturated carbocycles. The lowest BCUT2D eigenvalue weighted by molar-refractivity contribution is -0.143. The van der Waals surface area contributed by atoms with E-state index < -0.39 is 18.1 Å². The van der Waals surface area contributed by atoms with Crippen molar-refractivity contribution < 1.29 is 14.3 Å². The number of benzene rings is 2. The van der Waals surface area contributed by atoms with E-state index in [-0.39, 0.29) is 5.91 Å². The predicted molar refractivity (Wildman–Crippen MR) is 98.2 cm³/mol. The molecule has 2 unspecified atom stereocenters. The highest BCUT2D eigenvalue weighted by atomic mass is 16.5. The van der Waals surface area contributed by atoms with Crippen molar-refractivity contribution in [3.05, 3.63) is 59.7 Å². The van der Waals surface area contributed by atoms with E-state index in [0.29, 0.717) is 5.56 Å². The Bertz CT molecular complexity index is 722. The Morgan fingerprint density at radius 1 is 1.04 bits per heavy atom. The van der Waals surface area contributed by atoms with Crippen LogP contribution < -0.4 is 11.1 Å². The minimum Gasteiger partial charge on any atom is -0.467 e. The van der Waals surface area contributed by atoms with E-state index in [1.54, 1.807) is 19.1 Å². The minimum absolute atomic E-state index is 0.361. The number of nitrogens with two attached hydrogens (primary N) is 1. The first-order valence-corrected chi connectivity index (χ1v) is 8.30. The van der Waals surface area contributed by atoms with Gasteiger partial charge in [0, 0.05) is 11.6 Å². The molecule has 5 nitrogen and oxygen atoms in total. The molecule has 132 valence electrons. The third-order valence-electron chi connectivity index (χ3n) is 4.11. The summed E-state index contributed by atoms with van der Waals surface area (Å²) in [5.41, 5.74) is 9.61. The molecule has 25 heavy (non-hydrogen) atoms. The van der Waals surface area contributed by atoms with Gasteiger partial charge in [-0.25, -0.2) is 4.79 Å². The highest BCUT2D eigenvalue weighted by Gasteiger charge is 2.25. The smallest absolute Gasteiger partial charge is 0.329 e. The number of methoxy groups -OCH3 is 1. The summed E-state index contributed by atoms with van der Waals surface area (Å²) in [7, 11) is 1.27. The summed E-state index contributed by atoms with van der Waals surface area (Å²) in [6.07, 6.45) is 1.00. The monoisotopic (exact) mass is 340 g/mol. The zero-order chi connectivity index (χ0) is 18.4. The van der Waals surface area contributed by atoms with Gasteiger partial charge < -0.3 is 15.8 Å². The van der Waals surface area contributed by atoms with E-state index in [0.717, 1.165) is 17.5 Å². The minimum atomic E-state index is -0.876. The van der Waals surface area contributed by atoms with Gasteiger partial charge in [-0.15, -0.1) is 0 Å². The van der Waals surface area contributed by atoms with E-state index in [1.165, 1.54) is 12.7 Å². The molecule has 5 heteroatoms. The summed E-state index contributed by atoms with van der Waals surface area (Å²) in [5, 5.41) is 2.62. The lowest BCUT2D eigenvalue weighted by atomic mass is 10.0. The predicted octanol–water partition coefficient (Wildman–Crippen LogP) is 2.53. The van der Waals surface area contributed by atoms with Gasteiger partial charge in [-0.3, -0.25) is 4.79 Å². The first-order chi connectivity index (χ1) is 12.0. The van der Waals surface area contributed by atoms with Crippen LogP contribution in [0.1, 0.15) is 29.8 Å². The average molecular weight is 340 g/mol. The summed E-state index contributed by atoms with van der Waals surface area (Å²) in [6, 6.07) is 14.1. The van der Waals surface area contributed by atoms with Gasteiger partial charge in [-0.05, 0) is 42.2 Å². The Kier molecular flexibility index (Phi) is 6.31. The number of aryl methyl sites for hydroxylation is 1. The molecular formula is C20H24N2O3. The first kappa shape index (κ1) is 18.7. The summed E-state index contributed by atoms with van der Waals surface area (Å²) >= 11 is 0. The average Bonchev–Trinajstić information content (AvgIpc) is 2.65. The molecule has 0 aliphatic carbocycles. The van der Waals surface area contributed by atoms with Crippen LogP contribution in [0.15, 0.2) is 48.5 Å². The molecule has 2 atom stereocenters. The van der Waals surface area contributed by atoms with Gasteiger partial charge in [0.1, 0.15) is 6.04 Å². The van der Waals surface area contributed by atoms with Crippen molar-refractivity contribution in [1.29, 1.82) is 0 Å². The molecule has 1 amide bonds. The fourth-order valence-electron chi connectivity index (χ4n) is 2.50. The SMILES string of the molecule is CCc1ccc(-c2ccc(C(=O)NC(C(=O)OC)C(C)N)cc2)cc1. The van der Waals surface area contributed by atoms with E-state index in [2.05, 4.69) is 41.2 Å². The molecule has 0 heterocycles. The first-order valence-electron chi connectivity index (χ1n) is 8.30. The van der Waals surface area contributed by atoms with Crippen LogP contribution >= 0.6 is 0 Å². The number of ether oxygens (including phenoxy) is 1. The van der Waals surface area contributed by atoms with Crippen LogP contribution in [0.25, 0.3) is 11.1 Å². The molecule has 0 saturated heterocycles. The zero-order valence-corrected chi connectivity index (χ0v) is 14.8. The van der Waals surface area contributed by atoms with E-state index in [4.69, 9.17) is 5.73 Å². The van der Waals surface area contributed by atoms with Crippen molar-refractivity contribution in [2.75, 3.05) is 7.11 Å². The molecule has 2 aromatic carbocycles. The Morgan fingerprint density at radius 2 is 1.56 bits per heavy atom. The van der Waals surface area contributed by atoms with Gasteiger partial charge in [0.2, 0.25) is 0 Å². The Morgan fingerprint density at radius 3 is 2.00 bits per heavy atom. The summed E-state index contributed by atoms with van der Waals surface area (Å²) in [5.74, 6) is -0.920. The number of carbonyl (C=O) groups is 2. The van der Waals surface area contributed by atoms with Gasteiger partial charge in [0.05, 0.1) is 7.11 Å². The van der Waals surface area contributed by atoms with Crippen LogP contribution in [0.3, 0.4) is 0 Å². The molecule has 2 rings (SSSR count). The maximum atomic E-state index is 12.3. The number of amides is 1. The summed E-state index contributed by atoms with van der Waals surface area (Å²) < 4.78 is 4.67. The molecule has 0 aliphatic heterocycles. The van der Waals surface area contributed by atoms with Gasteiger partial charge in [-0.2, -0.15) is 0 Å². The molecule has 0 fully saturated rings. The summed E-state index contributed by atoms with van der Waals surface area (Å²) in [6.45, 7) is 3.76. The van der Waals surface area contributed by atoms with Gasteiger partial charge >= 0.3 is 5.97 Å². The maximum Gasteiger partial charge on any atom is 0.329 e.